The average Bonchev–Trinajstić information content (AvgIpc) is 2.18. The Morgan fingerprint density at radius 2 is 2.00 bits per heavy atom. The van der Waals surface area contributed by atoms with Gasteiger partial charge < -0.3 is 10.2 Å². The third-order valence-corrected chi connectivity index (χ3v) is 2.25. The first-order chi connectivity index (χ1) is 7.49. The van der Waals surface area contributed by atoms with E-state index in [-0.39, 0.29) is 5.82 Å². The molecule has 0 fully saturated rings. The molecule has 1 aromatic rings. The molecule has 1 N–H and O–H groups in total. The minimum absolute atomic E-state index is 0.137. The molecule has 0 unspecified atom stereocenters. The van der Waals surface area contributed by atoms with Crippen LogP contribution >= 0.6 is 0 Å². The number of hydrogen-bond acceptors (Lipinski definition) is 2. The molecule has 0 heterocycles. The van der Waals surface area contributed by atoms with Crippen LogP contribution in [0.15, 0.2) is 18.2 Å². The molecule has 0 bridgehead atoms. The third kappa shape index (κ3) is 4.19. The van der Waals surface area contributed by atoms with E-state index in [1.807, 2.05) is 31.1 Å². The van der Waals surface area contributed by atoms with Crippen molar-refractivity contribution in [1.82, 2.24) is 4.90 Å². The number of benzene rings is 1. The van der Waals surface area contributed by atoms with Gasteiger partial charge in [-0.05, 0) is 32.1 Å². The number of hydrogen-bond donors (Lipinski definition) is 1. The number of rotatable bonds is 5. The second-order valence-electron chi connectivity index (χ2n) is 4.82. The molecule has 0 aliphatic heterocycles. The number of anilines is 1. The standard InChI is InChI=1S/C13H21FN2/c1-10(2)8-15-12-6-5-11(9-16(3)4)13(14)7-12/h5-7,10,15H,8-9H2,1-4H3. The topological polar surface area (TPSA) is 15.3 Å². The minimum atomic E-state index is -0.137. The first-order valence-electron chi connectivity index (χ1n) is 5.66. The monoisotopic (exact) mass is 224 g/mol. The first-order valence-corrected chi connectivity index (χ1v) is 5.66. The summed E-state index contributed by atoms with van der Waals surface area (Å²) >= 11 is 0. The lowest BCUT2D eigenvalue weighted by atomic mass is 10.1. The van der Waals surface area contributed by atoms with Crippen molar-refractivity contribution < 1.29 is 4.39 Å². The van der Waals surface area contributed by atoms with Crippen molar-refractivity contribution in [3.8, 4) is 0 Å². The normalized spacial score (nSPS) is 11.2. The molecular weight excluding hydrogens is 203 g/mol. The van der Waals surface area contributed by atoms with Crippen molar-refractivity contribution in [3.63, 3.8) is 0 Å². The zero-order valence-corrected chi connectivity index (χ0v) is 10.5. The fourth-order valence-corrected chi connectivity index (χ4v) is 1.45. The van der Waals surface area contributed by atoms with Gasteiger partial charge in [0, 0.05) is 24.3 Å². The van der Waals surface area contributed by atoms with E-state index in [1.54, 1.807) is 6.07 Å². The Balaban J connectivity index is 2.67. The predicted molar refractivity (Wildman–Crippen MR) is 67.1 cm³/mol. The highest BCUT2D eigenvalue weighted by Crippen LogP contribution is 2.15. The molecule has 0 aromatic heterocycles. The van der Waals surface area contributed by atoms with Crippen LogP contribution in [-0.4, -0.2) is 25.5 Å². The highest BCUT2D eigenvalue weighted by molar-refractivity contribution is 5.45. The highest BCUT2D eigenvalue weighted by atomic mass is 19.1. The Morgan fingerprint density at radius 3 is 2.50 bits per heavy atom. The highest BCUT2D eigenvalue weighted by Gasteiger charge is 2.04. The number of nitrogens with one attached hydrogen (secondary N) is 1. The zero-order valence-electron chi connectivity index (χ0n) is 10.5. The van der Waals surface area contributed by atoms with Gasteiger partial charge in [-0.1, -0.05) is 19.9 Å². The van der Waals surface area contributed by atoms with Crippen LogP contribution in [0.25, 0.3) is 0 Å². The van der Waals surface area contributed by atoms with E-state index >= 15 is 0 Å². The molecule has 0 spiro atoms. The summed E-state index contributed by atoms with van der Waals surface area (Å²) in [6.45, 7) is 5.76. The summed E-state index contributed by atoms with van der Waals surface area (Å²) in [6, 6.07) is 5.35. The van der Waals surface area contributed by atoms with Crippen LogP contribution in [0.5, 0.6) is 0 Å². The summed E-state index contributed by atoms with van der Waals surface area (Å²) in [5.41, 5.74) is 1.59. The van der Waals surface area contributed by atoms with Gasteiger partial charge in [-0.3, -0.25) is 0 Å². The molecule has 0 amide bonds. The minimum Gasteiger partial charge on any atom is -0.385 e. The Labute approximate surface area is 97.5 Å². The molecule has 0 aliphatic carbocycles. The van der Waals surface area contributed by atoms with Crippen LogP contribution < -0.4 is 5.32 Å². The molecule has 0 saturated heterocycles. The van der Waals surface area contributed by atoms with Gasteiger partial charge >= 0.3 is 0 Å². The van der Waals surface area contributed by atoms with E-state index in [9.17, 15) is 4.39 Å². The van der Waals surface area contributed by atoms with Crippen molar-refractivity contribution in [1.29, 1.82) is 0 Å². The maximum atomic E-state index is 13.7. The molecule has 3 heteroatoms. The van der Waals surface area contributed by atoms with E-state index in [0.29, 0.717) is 12.5 Å². The molecule has 2 nitrogen and oxygen atoms in total. The maximum absolute atomic E-state index is 13.7. The second-order valence-corrected chi connectivity index (χ2v) is 4.82. The summed E-state index contributed by atoms with van der Waals surface area (Å²) in [6.07, 6.45) is 0. The van der Waals surface area contributed by atoms with Gasteiger partial charge in [-0.25, -0.2) is 4.39 Å². The van der Waals surface area contributed by atoms with Gasteiger partial charge in [-0.2, -0.15) is 0 Å². The molecule has 0 atom stereocenters. The van der Waals surface area contributed by atoms with Gasteiger partial charge in [0.2, 0.25) is 0 Å². The van der Waals surface area contributed by atoms with Gasteiger partial charge in [0.25, 0.3) is 0 Å². The summed E-state index contributed by atoms with van der Waals surface area (Å²) < 4.78 is 13.7. The Hall–Kier alpha value is -1.09. The Morgan fingerprint density at radius 1 is 1.31 bits per heavy atom. The number of halogens is 1. The first kappa shape index (κ1) is 13.0. The van der Waals surface area contributed by atoms with E-state index in [1.165, 1.54) is 0 Å². The van der Waals surface area contributed by atoms with Crippen molar-refractivity contribution in [2.45, 2.75) is 20.4 Å². The molecule has 16 heavy (non-hydrogen) atoms. The van der Waals surface area contributed by atoms with E-state index in [4.69, 9.17) is 0 Å². The fraction of sp³-hybridized carbons (Fsp3) is 0.538. The van der Waals surface area contributed by atoms with Gasteiger partial charge in [0.15, 0.2) is 0 Å². The Bertz CT molecular complexity index is 335. The molecule has 0 saturated carbocycles. The van der Waals surface area contributed by atoms with Gasteiger partial charge in [0.1, 0.15) is 5.82 Å². The average molecular weight is 224 g/mol. The smallest absolute Gasteiger partial charge is 0.129 e. The van der Waals surface area contributed by atoms with E-state index < -0.39 is 0 Å². The lowest BCUT2D eigenvalue weighted by Gasteiger charge is -2.13. The summed E-state index contributed by atoms with van der Waals surface area (Å²) in [5, 5.41) is 3.21. The lowest BCUT2D eigenvalue weighted by molar-refractivity contribution is 0.392. The van der Waals surface area contributed by atoms with Crippen LogP contribution in [0.1, 0.15) is 19.4 Å². The van der Waals surface area contributed by atoms with E-state index in [2.05, 4.69) is 19.2 Å². The second kappa shape index (κ2) is 5.85. The largest absolute Gasteiger partial charge is 0.385 e. The quantitative estimate of drug-likeness (QED) is 0.827. The molecule has 1 aromatic carbocycles. The maximum Gasteiger partial charge on any atom is 0.129 e. The molecule has 0 radical (unpaired) electrons. The molecule has 90 valence electrons. The molecule has 1 rings (SSSR count). The summed E-state index contributed by atoms with van der Waals surface area (Å²) in [7, 11) is 3.87. The van der Waals surface area contributed by atoms with Crippen LogP contribution in [-0.2, 0) is 6.54 Å². The summed E-state index contributed by atoms with van der Waals surface area (Å²) in [5.74, 6) is 0.423. The van der Waals surface area contributed by atoms with Gasteiger partial charge in [0.05, 0.1) is 0 Å². The predicted octanol–water partition coefficient (Wildman–Crippen LogP) is 2.96. The van der Waals surface area contributed by atoms with Crippen LogP contribution in [0.3, 0.4) is 0 Å². The van der Waals surface area contributed by atoms with Crippen LogP contribution in [0, 0.1) is 11.7 Å². The molecular formula is C13H21FN2. The fourth-order valence-electron chi connectivity index (χ4n) is 1.45. The molecule has 0 aliphatic rings. The van der Waals surface area contributed by atoms with Crippen molar-refractivity contribution >= 4 is 5.69 Å². The number of nitrogens with zero attached hydrogens (tertiary/aromatic N) is 1. The SMILES string of the molecule is CC(C)CNc1ccc(CN(C)C)c(F)c1. The van der Waals surface area contributed by atoms with Crippen molar-refractivity contribution in [3.05, 3.63) is 29.6 Å². The van der Waals surface area contributed by atoms with Crippen LogP contribution in [0.2, 0.25) is 0 Å². The Kier molecular flexibility index (Phi) is 4.74. The van der Waals surface area contributed by atoms with Crippen LogP contribution in [0.4, 0.5) is 10.1 Å². The third-order valence-electron chi connectivity index (χ3n) is 2.25. The van der Waals surface area contributed by atoms with E-state index in [0.717, 1.165) is 17.8 Å². The lowest BCUT2D eigenvalue weighted by Crippen LogP contribution is -2.12. The van der Waals surface area contributed by atoms with Gasteiger partial charge in [-0.15, -0.1) is 0 Å². The van der Waals surface area contributed by atoms with Crippen molar-refractivity contribution in [2.75, 3.05) is 26.0 Å². The summed E-state index contributed by atoms with van der Waals surface area (Å²) in [4.78, 5) is 1.96. The van der Waals surface area contributed by atoms with Crippen molar-refractivity contribution in [2.24, 2.45) is 5.92 Å². The zero-order chi connectivity index (χ0) is 12.1.